The van der Waals surface area contributed by atoms with Crippen molar-refractivity contribution in [1.82, 2.24) is 0 Å². The largest absolute Gasteiger partial charge is 0.310 e. The molecule has 13 heteroatoms. The van der Waals surface area contributed by atoms with E-state index in [1.807, 2.05) is 105 Å². The molecule has 0 N–H and O–H groups in total. The Balaban J connectivity index is 1.35. The Hall–Kier alpha value is -7.12. The molecule has 3 aliphatic heterocycles. The van der Waals surface area contributed by atoms with Crippen LogP contribution >= 0.6 is 0 Å². The lowest BCUT2D eigenvalue weighted by Gasteiger charge is -2.42. The minimum Gasteiger partial charge on any atom is -0.310 e. The first kappa shape index (κ1) is 42.5. The highest BCUT2D eigenvalue weighted by Gasteiger charge is 2.58. The molecular formula is C54H34F10N2Si. The van der Waals surface area contributed by atoms with Gasteiger partial charge in [-0.05, 0) is 80.7 Å². The third-order valence-electron chi connectivity index (χ3n) is 14.1. The van der Waals surface area contributed by atoms with Gasteiger partial charge in [0.25, 0.3) is 0 Å². The molecule has 334 valence electrons. The van der Waals surface area contributed by atoms with Crippen LogP contribution in [0.2, 0.25) is 0 Å². The van der Waals surface area contributed by atoms with Gasteiger partial charge in [-0.1, -0.05) is 119 Å². The predicted molar refractivity (Wildman–Crippen MR) is 242 cm³/mol. The average Bonchev–Trinajstić information content (AvgIpc) is 3.62. The second kappa shape index (κ2) is 14.4. The van der Waals surface area contributed by atoms with E-state index in [4.69, 9.17) is 0 Å². The first-order valence-electron chi connectivity index (χ1n) is 21.3. The molecule has 11 rings (SSSR count). The molecule has 0 spiro atoms. The maximum absolute atomic E-state index is 17.2. The summed E-state index contributed by atoms with van der Waals surface area (Å²) in [6, 6.07) is 38.2. The minimum absolute atomic E-state index is 0.00704. The second-order valence-electron chi connectivity index (χ2n) is 18.1. The van der Waals surface area contributed by atoms with E-state index in [-0.39, 0.29) is 27.7 Å². The van der Waals surface area contributed by atoms with Crippen LogP contribution < -0.4 is 30.5 Å². The molecule has 0 aromatic heterocycles. The molecule has 0 saturated heterocycles. The van der Waals surface area contributed by atoms with Gasteiger partial charge >= 0.3 is 0 Å². The summed E-state index contributed by atoms with van der Waals surface area (Å²) >= 11 is 0. The highest BCUT2D eigenvalue weighted by molar-refractivity contribution is 7.22. The van der Waals surface area contributed by atoms with Crippen LogP contribution in [-0.2, 0) is 10.8 Å². The van der Waals surface area contributed by atoms with Crippen LogP contribution in [0.1, 0.15) is 49.9 Å². The van der Waals surface area contributed by atoms with Gasteiger partial charge in [-0.3, -0.25) is 0 Å². The van der Waals surface area contributed by atoms with Crippen LogP contribution in [0.4, 0.5) is 78.0 Å². The van der Waals surface area contributed by atoms with Gasteiger partial charge in [-0.25, -0.2) is 43.9 Å². The zero-order valence-corrected chi connectivity index (χ0v) is 36.9. The quantitative estimate of drug-likeness (QED) is 0.0751. The number of nitrogens with zero attached hydrogens (tertiary/aromatic N) is 2. The van der Waals surface area contributed by atoms with Gasteiger partial charge in [0.05, 0.1) is 28.4 Å². The normalized spacial score (nSPS) is 15.6. The van der Waals surface area contributed by atoms with Gasteiger partial charge < -0.3 is 9.80 Å². The summed E-state index contributed by atoms with van der Waals surface area (Å²) in [5.74, 6) is -24.9. The van der Waals surface area contributed by atoms with Crippen LogP contribution in [0.25, 0.3) is 11.1 Å². The molecule has 0 saturated carbocycles. The fourth-order valence-electron chi connectivity index (χ4n) is 11.1. The summed E-state index contributed by atoms with van der Waals surface area (Å²) < 4.78 is 163. The molecular weight excluding hydrogens is 895 g/mol. The van der Waals surface area contributed by atoms with Crippen LogP contribution in [0.3, 0.4) is 0 Å². The highest BCUT2D eigenvalue weighted by Crippen LogP contribution is 2.55. The van der Waals surface area contributed by atoms with Crippen molar-refractivity contribution in [2.45, 2.75) is 38.5 Å². The van der Waals surface area contributed by atoms with Gasteiger partial charge in [0.1, 0.15) is 0 Å². The van der Waals surface area contributed by atoms with Crippen molar-refractivity contribution in [2.75, 3.05) is 9.80 Å². The van der Waals surface area contributed by atoms with E-state index in [0.29, 0.717) is 22.7 Å². The molecule has 8 aromatic carbocycles. The lowest BCUT2D eigenvalue weighted by Crippen LogP contribution is -2.76. The number of halogens is 10. The molecule has 3 aliphatic rings. The fourth-order valence-corrected chi connectivity index (χ4v) is 16.4. The number of fused-ring (bicyclic) bond motifs is 7. The highest BCUT2D eigenvalue weighted by atomic mass is 28.3. The Labute approximate surface area is 379 Å². The molecule has 0 unspecified atom stereocenters. The lowest BCUT2D eigenvalue weighted by atomic mass is 9.73. The maximum Gasteiger partial charge on any atom is 0.200 e. The fraction of sp³-hybridized carbons (Fsp3) is 0.111. The number of anilines is 6. The SMILES string of the molecule is CC1(C)c2ccccc2N(c2ccc3c(c2)[Si](c2c(F)c(F)c(F)c(F)c2F)(c2c(F)c(F)c(F)c(F)c2F)c2cccc(N4c5ccccc5C(C)(C)c5ccccc54)c2-3)c2ccccc21. The van der Waals surface area contributed by atoms with E-state index in [2.05, 4.69) is 0 Å². The van der Waals surface area contributed by atoms with E-state index in [9.17, 15) is 0 Å². The Morgan fingerprint density at radius 1 is 0.343 bits per heavy atom. The predicted octanol–water partition coefficient (Wildman–Crippen LogP) is 12.7. The van der Waals surface area contributed by atoms with Gasteiger partial charge in [0, 0.05) is 32.5 Å². The van der Waals surface area contributed by atoms with Crippen molar-refractivity contribution in [3.05, 3.63) is 214 Å². The third kappa shape index (κ3) is 5.40. The van der Waals surface area contributed by atoms with E-state index in [1.165, 1.54) is 24.3 Å². The Morgan fingerprint density at radius 2 is 0.687 bits per heavy atom. The Bertz CT molecular complexity index is 3250. The lowest BCUT2D eigenvalue weighted by molar-refractivity contribution is 0.382. The van der Waals surface area contributed by atoms with E-state index < -0.39 is 92.6 Å². The van der Waals surface area contributed by atoms with Crippen LogP contribution in [0, 0.1) is 58.2 Å². The van der Waals surface area contributed by atoms with Gasteiger partial charge in [-0.2, -0.15) is 0 Å². The first-order valence-corrected chi connectivity index (χ1v) is 23.3. The molecule has 67 heavy (non-hydrogen) atoms. The molecule has 0 aliphatic carbocycles. The number of hydrogen-bond donors (Lipinski definition) is 0. The van der Waals surface area contributed by atoms with Gasteiger partial charge in [0.2, 0.25) is 11.6 Å². The number of hydrogen-bond acceptors (Lipinski definition) is 2. The number of para-hydroxylation sites is 4. The molecule has 0 atom stereocenters. The summed E-state index contributed by atoms with van der Waals surface area (Å²) in [5, 5.41) is -4.19. The minimum atomic E-state index is -6.04. The van der Waals surface area contributed by atoms with Crippen molar-refractivity contribution < 1.29 is 43.9 Å². The average molecular weight is 929 g/mol. The first-order chi connectivity index (χ1) is 32.0. The van der Waals surface area contributed by atoms with Crippen molar-refractivity contribution in [2.24, 2.45) is 0 Å². The summed E-state index contributed by atoms with van der Waals surface area (Å²) in [6.45, 7) is 8.09. The molecule has 0 fully saturated rings. The molecule has 2 nitrogen and oxygen atoms in total. The molecule has 0 amide bonds. The Morgan fingerprint density at radius 3 is 1.09 bits per heavy atom. The summed E-state index contributed by atoms with van der Waals surface area (Å²) in [6.07, 6.45) is 0. The van der Waals surface area contributed by atoms with Crippen molar-refractivity contribution >= 4 is 62.9 Å². The molecule has 3 heterocycles. The molecule has 0 radical (unpaired) electrons. The standard InChI is InChI=1S/C54H34F10N2Si/c1-53(2)29-14-5-9-18-33(29)65(34-19-10-6-15-30(34)53)27-24-25-28-39(26-27)67(51-47(61)43(57)41(55)44(58)48(51)62,52-49(63)45(59)42(56)46(60)50(52)64)38-23-13-22-37(40(28)38)66-35-20-11-7-16-31(35)54(3,4)32-17-8-12-21-36(32)66/h5-26H,1-4H3. The third-order valence-corrected chi connectivity index (χ3v) is 18.9. The summed E-state index contributed by atoms with van der Waals surface area (Å²) in [5.41, 5.74) is 5.05. The topological polar surface area (TPSA) is 6.48 Å². The summed E-state index contributed by atoms with van der Waals surface area (Å²) in [4.78, 5) is 3.61. The zero-order valence-electron chi connectivity index (χ0n) is 35.9. The second-order valence-corrected chi connectivity index (χ2v) is 21.6. The van der Waals surface area contributed by atoms with Crippen LogP contribution in [0.5, 0.6) is 0 Å². The number of rotatable bonds is 4. The number of benzene rings is 8. The maximum atomic E-state index is 17.2. The van der Waals surface area contributed by atoms with E-state index in [1.54, 1.807) is 41.3 Å². The van der Waals surface area contributed by atoms with E-state index in [0.717, 1.165) is 22.3 Å². The van der Waals surface area contributed by atoms with Crippen molar-refractivity contribution in [1.29, 1.82) is 0 Å². The Kier molecular flexibility index (Phi) is 9.16. The van der Waals surface area contributed by atoms with Gasteiger partial charge in [-0.15, -0.1) is 0 Å². The van der Waals surface area contributed by atoms with Crippen molar-refractivity contribution in [3.8, 4) is 11.1 Å². The molecule has 8 aromatic rings. The zero-order chi connectivity index (χ0) is 47.2. The van der Waals surface area contributed by atoms with Gasteiger partial charge in [0.15, 0.2) is 54.6 Å². The van der Waals surface area contributed by atoms with Crippen LogP contribution in [0.15, 0.2) is 133 Å². The monoisotopic (exact) mass is 928 g/mol. The van der Waals surface area contributed by atoms with E-state index >= 15 is 43.9 Å². The smallest absolute Gasteiger partial charge is 0.200 e. The molecule has 0 bridgehead atoms. The van der Waals surface area contributed by atoms with Crippen molar-refractivity contribution in [3.63, 3.8) is 0 Å². The summed E-state index contributed by atoms with van der Waals surface area (Å²) in [7, 11) is -6.04. The van der Waals surface area contributed by atoms with Crippen LogP contribution in [-0.4, -0.2) is 8.07 Å².